The first kappa shape index (κ1) is 17.0. The molecule has 1 heterocycles. The predicted octanol–water partition coefficient (Wildman–Crippen LogP) is 2.70. The smallest absolute Gasteiger partial charge is 0.223 e. The van der Waals surface area contributed by atoms with E-state index in [-0.39, 0.29) is 30.3 Å². The van der Waals surface area contributed by atoms with E-state index in [0.29, 0.717) is 12.5 Å². The molecule has 2 N–H and O–H groups in total. The lowest BCUT2D eigenvalue weighted by atomic mass is 9.93. The normalized spacial score (nSPS) is 18.9. The van der Waals surface area contributed by atoms with Crippen molar-refractivity contribution in [2.24, 2.45) is 11.8 Å². The molecule has 1 aliphatic heterocycles. The average molecular weight is 297 g/mol. The first-order valence-electron chi connectivity index (χ1n) is 7.18. The molecular formula is C16H25ClN2O. The molecule has 0 fully saturated rings. The SMILES string of the molecule is CC(C)C(C)C(=O)NCC1NCCc2ccccc21.Cl. The van der Waals surface area contributed by atoms with Gasteiger partial charge in [0.25, 0.3) is 0 Å². The van der Waals surface area contributed by atoms with Gasteiger partial charge in [0.1, 0.15) is 0 Å². The lowest BCUT2D eigenvalue weighted by molar-refractivity contribution is -0.125. The summed E-state index contributed by atoms with van der Waals surface area (Å²) in [5.74, 6) is 0.602. The number of amides is 1. The zero-order valence-electron chi connectivity index (χ0n) is 12.5. The first-order chi connectivity index (χ1) is 9.09. The number of halogens is 1. The summed E-state index contributed by atoms with van der Waals surface area (Å²) in [6.07, 6.45) is 1.07. The number of benzene rings is 1. The molecule has 0 bridgehead atoms. The van der Waals surface area contributed by atoms with Gasteiger partial charge in [0.15, 0.2) is 0 Å². The van der Waals surface area contributed by atoms with Gasteiger partial charge in [-0.3, -0.25) is 4.79 Å². The largest absolute Gasteiger partial charge is 0.354 e. The highest BCUT2D eigenvalue weighted by atomic mass is 35.5. The molecule has 20 heavy (non-hydrogen) atoms. The third-order valence-electron chi connectivity index (χ3n) is 4.11. The van der Waals surface area contributed by atoms with Crippen molar-refractivity contribution >= 4 is 18.3 Å². The molecule has 2 rings (SSSR count). The van der Waals surface area contributed by atoms with Crippen molar-refractivity contribution in [3.05, 3.63) is 35.4 Å². The van der Waals surface area contributed by atoms with Crippen LogP contribution in [0.15, 0.2) is 24.3 Å². The van der Waals surface area contributed by atoms with Gasteiger partial charge < -0.3 is 10.6 Å². The molecule has 3 nitrogen and oxygen atoms in total. The fourth-order valence-electron chi connectivity index (χ4n) is 2.44. The van der Waals surface area contributed by atoms with Crippen LogP contribution in [0.5, 0.6) is 0 Å². The van der Waals surface area contributed by atoms with Crippen molar-refractivity contribution in [1.82, 2.24) is 10.6 Å². The van der Waals surface area contributed by atoms with E-state index in [1.54, 1.807) is 0 Å². The minimum absolute atomic E-state index is 0. The maximum Gasteiger partial charge on any atom is 0.223 e. The topological polar surface area (TPSA) is 41.1 Å². The van der Waals surface area contributed by atoms with Crippen molar-refractivity contribution in [1.29, 1.82) is 0 Å². The van der Waals surface area contributed by atoms with Gasteiger partial charge in [0, 0.05) is 18.5 Å². The van der Waals surface area contributed by atoms with E-state index in [4.69, 9.17) is 0 Å². The average Bonchev–Trinajstić information content (AvgIpc) is 2.43. The Morgan fingerprint density at radius 1 is 1.35 bits per heavy atom. The van der Waals surface area contributed by atoms with E-state index in [2.05, 4.69) is 48.7 Å². The molecule has 0 saturated heterocycles. The van der Waals surface area contributed by atoms with Crippen LogP contribution in [0.2, 0.25) is 0 Å². The number of fused-ring (bicyclic) bond motifs is 1. The van der Waals surface area contributed by atoms with E-state index in [0.717, 1.165) is 13.0 Å². The second-order valence-corrected chi connectivity index (χ2v) is 5.73. The molecule has 0 spiro atoms. The molecule has 2 unspecified atom stereocenters. The summed E-state index contributed by atoms with van der Waals surface area (Å²) in [7, 11) is 0. The maximum atomic E-state index is 12.0. The van der Waals surface area contributed by atoms with E-state index in [1.165, 1.54) is 11.1 Å². The van der Waals surface area contributed by atoms with Gasteiger partial charge in [0.2, 0.25) is 5.91 Å². The Kier molecular flexibility index (Phi) is 6.50. The second-order valence-electron chi connectivity index (χ2n) is 5.73. The minimum Gasteiger partial charge on any atom is -0.354 e. The first-order valence-corrected chi connectivity index (χ1v) is 7.18. The molecule has 1 aromatic rings. The van der Waals surface area contributed by atoms with Gasteiger partial charge in [-0.2, -0.15) is 0 Å². The third-order valence-corrected chi connectivity index (χ3v) is 4.11. The van der Waals surface area contributed by atoms with Crippen LogP contribution in [0.4, 0.5) is 0 Å². The Morgan fingerprint density at radius 3 is 2.75 bits per heavy atom. The van der Waals surface area contributed by atoms with Gasteiger partial charge >= 0.3 is 0 Å². The molecule has 1 aliphatic rings. The number of nitrogens with one attached hydrogen (secondary N) is 2. The number of carbonyl (C=O) groups excluding carboxylic acids is 1. The Hall–Kier alpha value is -1.06. The number of carbonyl (C=O) groups is 1. The van der Waals surface area contributed by atoms with Gasteiger partial charge in [-0.25, -0.2) is 0 Å². The van der Waals surface area contributed by atoms with E-state index in [1.807, 2.05) is 6.92 Å². The standard InChI is InChI=1S/C16H24N2O.ClH/c1-11(2)12(3)16(19)18-10-15-14-7-5-4-6-13(14)8-9-17-15;/h4-7,11-12,15,17H,8-10H2,1-3H3,(H,18,19);1H. The quantitative estimate of drug-likeness (QED) is 0.897. The zero-order chi connectivity index (χ0) is 13.8. The van der Waals surface area contributed by atoms with Crippen molar-refractivity contribution < 1.29 is 4.79 Å². The summed E-state index contributed by atoms with van der Waals surface area (Å²) < 4.78 is 0. The summed E-state index contributed by atoms with van der Waals surface area (Å²) in [6.45, 7) is 7.81. The van der Waals surface area contributed by atoms with Crippen molar-refractivity contribution in [2.45, 2.75) is 33.2 Å². The van der Waals surface area contributed by atoms with Gasteiger partial charge in [-0.15, -0.1) is 12.4 Å². The molecule has 0 aromatic heterocycles. The van der Waals surface area contributed by atoms with Crippen LogP contribution >= 0.6 is 12.4 Å². The van der Waals surface area contributed by atoms with E-state index in [9.17, 15) is 4.79 Å². The fraction of sp³-hybridized carbons (Fsp3) is 0.562. The molecule has 1 amide bonds. The molecule has 0 radical (unpaired) electrons. The lowest BCUT2D eigenvalue weighted by Crippen LogP contribution is -2.41. The molecule has 2 atom stereocenters. The molecule has 4 heteroatoms. The van der Waals surface area contributed by atoms with Crippen LogP contribution in [0.25, 0.3) is 0 Å². The third kappa shape index (κ3) is 3.97. The van der Waals surface area contributed by atoms with Crippen LogP contribution in [0.1, 0.15) is 37.9 Å². The fourth-order valence-corrected chi connectivity index (χ4v) is 2.44. The zero-order valence-corrected chi connectivity index (χ0v) is 13.3. The minimum atomic E-state index is 0. The highest BCUT2D eigenvalue weighted by molar-refractivity contribution is 5.85. The molecule has 0 aliphatic carbocycles. The van der Waals surface area contributed by atoms with Crippen LogP contribution in [0.3, 0.4) is 0 Å². The van der Waals surface area contributed by atoms with Crippen molar-refractivity contribution in [3.8, 4) is 0 Å². The van der Waals surface area contributed by atoms with Gasteiger partial charge in [-0.1, -0.05) is 45.0 Å². The Labute approximate surface area is 127 Å². The monoisotopic (exact) mass is 296 g/mol. The highest BCUT2D eigenvalue weighted by Crippen LogP contribution is 2.22. The van der Waals surface area contributed by atoms with Crippen LogP contribution in [-0.2, 0) is 11.2 Å². The summed E-state index contributed by atoms with van der Waals surface area (Å²) in [4.78, 5) is 12.0. The molecule has 0 saturated carbocycles. The summed E-state index contributed by atoms with van der Waals surface area (Å²) in [5, 5.41) is 6.56. The van der Waals surface area contributed by atoms with E-state index < -0.39 is 0 Å². The lowest BCUT2D eigenvalue weighted by Gasteiger charge is -2.27. The van der Waals surface area contributed by atoms with Crippen LogP contribution in [-0.4, -0.2) is 19.0 Å². The number of hydrogen-bond acceptors (Lipinski definition) is 2. The van der Waals surface area contributed by atoms with Gasteiger partial charge in [0.05, 0.1) is 0 Å². The Balaban J connectivity index is 0.00000200. The van der Waals surface area contributed by atoms with E-state index >= 15 is 0 Å². The molecule has 112 valence electrons. The molecule has 1 aromatic carbocycles. The predicted molar refractivity (Wildman–Crippen MR) is 85.1 cm³/mol. The van der Waals surface area contributed by atoms with Crippen molar-refractivity contribution in [2.75, 3.05) is 13.1 Å². The van der Waals surface area contributed by atoms with Crippen LogP contribution < -0.4 is 10.6 Å². The number of rotatable bonds is 4. The Morgan fingerprint density at radius 2 is 2.05 bits per heavy atom. The number of hydrogen-bond donors (Lipinski definition) is 2. The summed E-state index contributed by atoms with van der Waals surface area (Å²) >= 11 is 0. The van der Waals surface area contributed by atoms with Crippen LogP contribution in [0, 0.1) is 11.8 Å². The Bertz CT molecular complexity index is 448. The molecular weight excluding hydrogens is 272 g/mol. The van der Waals surface area contributed by atoms with Gasteiger partial charge in [-0.05, 0) is 30.0 Å². The highest BCUT2D eigenvalue weighted by Gasteiger charge is 2.21. The second kappa shape index (κ2) is 7.65. The summed E-state index contributed by atoms with van der Waals surface area (Å²) in [6, 6.07) is 8.73. The van der Waals surface area contributed by atoms with Crippen molar-refractivity contribution in [3.63, 3.8) is 0 Å². The maximum absolute atomic E-state index is 12.0. The summed E-state index contributed by atoms with van der Waals surface area (Å²) in [5.41, 5.74) is 2.73.